The highest BCUT2D eigenvalue weighted by atomic mass is 32.1. The lowest BCUT2D eigenvalue weighted by Crippen LogP contribution is -2.32. The van der Waals surface area contributed by atoms with Crippen molar-refractivity contribution >= 4 is 11.3 Å². The summed E-state index contributed by atoms with van der Waals surface area (Å²) in [6, 6.07) is 0. The van der Waals surface area contributed by atoms with Crippen molar-refractivity contribution in [3.63, 3.8) is 0 Å². The van der Waals surface area contributed by atoms with E-state index in [0.717, 1.165) is 12.5 Å². The van der Waals surface area contributed by atoms with E-state index in [1.807, 2.05) is 11.3 Å². The monoisotopic (exact) mass is 251 g/mol. The number of nitrogens with zero attached hydrogens (tertiary/aromatic N) is 1. The zero-order valence-corrected chi connectivity index (χ0v) is 11.4. The van der Waals surface area contributed by atoms with Crippen LogP contribution in [0.15, 0.2) is 5.38 Å². The third-order valence-electron chi connectivity index (χ3n) is 3.99. The summed E-state index contributed by atoms with van der Waals surface area (Å²) in [5, 5.41) is 3.52. The molecule has 3 heteroatoms. The van der Waals surface area contributed by atoms with Crippen molar-refractivity contribution in [3.8, 4) is 0 Å². The van der Waals surface area contributed by atoms with E-state index in [1.165, 1.54) is 55.6 Å². The number of thiazole rings is 1. The Morgan fingerprint density at radius 2 is 2.12 bits per heavy atom. The van der Waals surface area contributed by atoms with Gasteiger partial charge in [-0.05, 0) is 32.6 Å². The Morgan fingerprint density at radius 3 is 2.76 bits per heavy atom. The molecule has 0 unspecified atom stereocenters. The van der Waals surface area contributed by atoms with Gasteiger partial charge in [0.25, 0.3) is 0 Å². The quantitative estimate of drug-likeness (QED) is 0.799. The highest BCUT2D eigenvalue weighted by molar-refractivity contribution is 7.09. The van der Waals surface area contributed by atoms with Gasteiger partial charge < -0.3 is 4.74 Å². The van der Waals surface area contributed by atoms with Gasteiger partial charge in [-0.1, -0.05) is 19.3 Å². The van der Waals surface area contributed by atoms with Crippen molar-refractivity contribution in [2.45, 2.75) is 63.4 Å². The van der Waals surface area contributed by atoms with Gasteiger partial charge in [-0.2, -0.15) is 0 Å². The van der Waals surface area contributed by atoms with E-state index in [2.05, 4.69) is 12.3 Å². The van der Waals surface area contributed by atoms with Crippen LogP contribution in [0.25, 0.3) is 0 Å². The Morgan fingerprint density at radius 1 is 1.35 bits per heavy atom. The summed E-state index contributed by atoms with van der Waals surface area (Å²) in [5.74, 6) is 0.766. The molecule has 1 heterocycles. The summed E-state index contributed by atoms with van der Waals surface area (Å²) in [5.41, 5.74) is 1.29. The lowest BCUT2D eigenvalue weighted by Gasteiger charge is -2.35. The molecule has 0 N–H and O–H groups in total. The second-order valence-electron chi connectivity index (χ2n) is 5.34. The lowest BCUT2D eigenvalue weighted by molar-refractivity contribution is -0.0705. The third-order valence-corrected chi connectivity index (χ3v) is 5.04. The molecule has 0 saturated heterocycles. The first kappa shape index (κ1) is 11.7. The average molecular weight is 251 g/mol. The summed E-state index contributed by atoms with van der Waals surface area (Å²) in [7, 11) is 0. The fourth-order valence-electron chi connectivity index (χ4n) is 2.88. The first-order valence-corrected chi connectivity index (χ1v) is 7.82. The molecule has 2 nitrogen and oxygen atoms in total. The van der Waals surface area contributed by atoms with Gasteiger partial charge in [0.1, 0.15) is 10.6 Å². The molecule has 17 heavy (non-hydrogen) atoms. The van der Waals surface area contributed by atoms with Crippen molar-refractivity contribution in [1.29, 1.82) is 0 Å². The molecule has 0 spiro atoms. The highest BCUT2D eigenvalue weighted by Gasteiger charge is 2.38. The summed E-state index contributed by atoms with van der Waals surface area (Å²) in [6.07, 6.45) is 8.94. The van der Waals surface area contributed by atoms with E-state index in [4.69, 9.17) is 9.72 Å². The van der Waals surface area contributed by atoms with E-state index in [1.54, 1.807) is 0 Å². The van der Waals surface area contributed by atoms with Crippen molar-refractivity contribution < 1.29 is 4.74 Å². The summed E-state index contributed by atoms with van der Waals surface area (Å²) in [4.78, 5) is 4.88. The Kier molecular flexibility index (Phi) is 3.22. The van der Waals surface area contributed by atoms with Crippen molar-refractivity contribution in [1.82, 2.24) is 4.98 Å². The molecule has 1 aromatic rings. The van der Waals surface area contributed by atoms with Crippen molar-refractivity contribution in [2.24, 2.45) is 0 Å². The Hall–Kier alpha value is -0.410. The van der Waals surface area contributed by atoms with E-state index < -0.39 is 0 Å². The van der Waals surface area contributed by atoms with Crippen molar-refractivity contribution in [2.75, 3.05) is 6.61 Å². The SMILES string of the molecule is CCOC1(c2nc(C3CC3)cs2)CCCCC1. The van der Waals surface area contributed by atoms with Crippen LogP contribution in [-0.2, 0) is 10.3 Å². The average Bonchev–Trinajstić information content (AvgIpc) is 3.08. The molecule has 3 rings (SSSR count). The normalized spacial score (nSPS) is 23.8. The predicted molar refractivity (Wildman–Crippen MR) is 70.5 cm³/mol. The van der Waals surface area contributed by atoms with E-state index in [9.17, 15) is 0 Å². The zero-order valence-electron chi connectivity index (χ0n) is 10.6. The fraction of sp³-hybridized carbons (Fsp3) is 0.786. The molecule has 0 aromatic carbocycles. The Bertz CT molecular complexity index is 372. The molecule has 94 valence electrons. The Balaban J connectivity index is 1.84. The molecular weight excluding hydrogens is 230 g/mol. The first-order valence-electron chi connectivity index (χ1n) is 6.94. The minimum absolute atomic E-state index is 0.0369. The first-order chi connectivity index (χ1) is 8.34. The maximum absolute atomic E-state index is 6.12. The molecule has 0 bridgehead atoms. The van der Waals surface area contributed by atoms with E-state index in [-0.39, 0.29) is 5.60 Å². The second-order valence-corrected chi connectivity index (χ2v) is 6.20. The molecule has 2 aliphatic carbocycles. The minimum Gasteiger partial charge on any atom is -0.368 e. The smallest absolute Gasteiger partial charge is 0.125 e. The maximum Gasteiger partial charge on any atom is 0.125 e. The van der Waals surface area contributed by atoms with Crippen LogP contribution in [0.3, 0.4) is 0 Å². The highest BCUT2D eigenvalue weighted by Crippen LogP contribution is 2.45. The maximum atomic E-state index is 6.12. The number of hydrogen-bond acceptors (Lipinski definition) is 3. The van der Waals surface area contributed by atoms with Crippen LogP contribution in [0.5, 0.6) is 0 Å². The summed E-state index contributed by atoms with van der Waals surface area (Å²) < 4.78 is 6.12. The number of aromatic nitrogens is 1. The molecule has 2 aliphatic rings. The van der Waals surface area contributed by atoms with Crippen LogP contribution in [0, 0.1) is 0 Å². The van der Waals surface area contributed by atoms with Gasteiger partial charge in [0.2, 0.25) is 0 Å². The molecule has 1 aromatic heterocycles. The van der Waals surface area contributed by atoms with Crippen LogP contribution in [0.1, 0.15) is 68.5 Å². The summed E-state index contributed by atoms with van der Waals surface area (Å²) in [6.45, 7) is 2.91. The summed E-state index contributed by atoms with van der Waals surface area (Å²) >= 11 is 1.83. The van der Waals surface area contributed by atoms with Gasteiger partial charge in [-0.3, -0.25) is 0 Å². The molecule has 0 radical (unpaired) electrons. The van der Waals surface area contributed by atoms with Crippen LogP contribution in [0.2, 0.25) is 0 Å². The van der Waals surface area contributed by atoms with Gasteiger partial charge in [-0.25, -0.2) is 4.98 Å². The standard InChI is InChI=1S/C14H21NOS/c1-2-16-14(8-4-3-5-9-14)13-15-12(10-17-13)11-6-7-11/h10-11H,2-9H2,1H3. The van der Waals surface area contributed by atoms with E-state index in [0.29, 0.717) is 0 Å². The predicted octanol–water partition coefficient (Wildman–Crippen LogP) is 4.22. The second kappa shape index (κ2) is 4.69. The van der Waals surface area contributed by atoms with Crippen molar-refractivity contribution in [3.05, 3.63) is 16.1 Å². The minimum atomic E-state index is -0.0369. The number of ether oxygens (including phenoxy) is 1. The van der Waals surface area contributed by atoms with Gasteiger partial charge >= 0.3 is 0 Å². The van der Waals surface area contributed by atoms with Gasteiger partial charge in [0.05, 0.1) is 5.69 Å². The van der Waals surface area contributed by atoms with E-state index >= 15 is 0 Å². The van der Waals surface area contributed by atoms with Gasteiger partial charge in [0.15, 0.2) is 0 Å². The zero-order chi connectivity index (χ0) is 11.7. The van der Waals surface area contributed by atoms with Crippen LogP contribution < -0.4 is 0 Å². The topological polar surface area (TPSA) is 22.1 Å². The fourth-order valence-corrected chi connectivity index (χ4v) is 3.99. The van der Waals surface area contributed by atoms with Gasteiger partial charge in [0, 0.05) is 17.9 Å². The number of rotatable bonds is 4. The largest absolute Gasteiger partial charge is 0.368 e. The van der Waals surface area contributed by atoms with Crippen LogP contribution in [-0.4, -0.2) is 11.6 Å². The molecule has 0 aliphatic heterocycles. The molecule has 0 amide bonds. The van der Waals surface area contributed by atoms with Crippen LogP contribution >= 0.6 is 11.3 Å². The van der Waals surface area contributed by atoms with Crippen LogP contribution in [0.4, 0.5) is 0 Å². The lowest BCUT2D eigenvalue weighted by atomic mass is 9.85. The molecule has 0 atom stereocenters. The third kappa shape index (κ3) is 2.27. The number of hydrogen-bond donors (Lipinski definition) is 0. The molecule has 2 saturated carbocycles. The Labute approximate surface area is 107 Å². The van der Waals surface area contributed by atoms with Gasteiger partial charge in [-0.15, -0.1) is 11.3 Å². The molecule has 2 fully saturated rings. The molecular formula is C14H21NOS.